The number of fused-ring (bicyclic) bond motifs is 1. The number of carbonyl (C=O) groups is 5. The third kappa shape index (κ3) is 6.00. The number of hydrogen-bond donors (Lipinski definition) is 2. The van der Waals surface area contributed by atoms with Crippen LogP contribution in [0.4, 0.5) is 0 Å². The molecule has 3 amide bonds. The zero-order valence-corrected chi connectivity index (χ0v) is 18.3. The molecule has 9 heteroatoms. The molecule has 2 N–H and O–H groups in total. The van der Waals surface area contributed by atoms with Crippen molar-refractivity contribution in [2.75, 3.05) is 13.1 Å². The summed E-state index contributed by atoms with van der Waals surface area (Å²) >= 11 is 0. The van der Waals surface area contributed by atoms with Gasteiger partial charge >= 0.3 is 0 Å². The lowest BCUT2D eigenvalue weighted by Crippen LogP contribution is -2.68. The molecule has 1 aromatic rings. The minimum atomic E-state index is -0.913. The predicted octanol–water partition coefficient (Wildman–Crippen LogP) is 0.379. The molecule has 3 unspecified atom stereocenters. The molecule has 2 aliphatic heterocycles. The number of nitrogens with zero attached hydrogens (tertiary/aromatic N) is 2. The van der Waals surface area contributed by atoms with Crippen LogP contribution in [0.1, 0.15) is 44.6 Å². The van der Waals surface area contributed by atoms with Crippen molar-refractivity contribution in [2.24, 2.45) is 0 Å². The van der Waals surface area contributed by atoms with E-state index in [0.29, 0.717) is 38.6 Å². The number of ketones is 1. The lowest BCUT2D eigenvalue weighted by Gasteiger charge is -2.48. The van der Waals surface area contributed by atoms with Crippen molar-refractivity contribution in [1.82, 2.24) is 20.7 Å². The number of aryl methyl sites for hydroxylation is 1. The zero-order valence-electron chi connectivity index (χ0n) is 18.3. The van der Waals surface area contributed by atoms with E-state index in [4.69, 9.17) is 0 Å². The summed E-state index contributed by atoms with van der Waals surface area (Å²) in [5.41, 5.74) is 1.05. The third-order valence-corrected chi connectivity index (χ3v) is 5.81. The summed E-state index contributed by atoms with van der Waals surface area (Å²) in [7, 11) is 0. The first-order valence-corrected chi connectivity index (χ1v) is 11.1. The number of Topliss-reactive ketones (excluding diaryl/α,β-unsaturated/α-hetero) is 1. The van der Waals surface area contributed by atoms with E-state index < -0.39 is 24.0 Å². The van der Waals surface area contributed by atoms with E-state index in [-0.39, 0.29) is 30.4 Å². The van der Waals surface area contributed by atoms with E-state index >= 15 is 0 Å². The SMILES string of the molecule is CC(=O)CC(C=O)NC(=O)C1CCCN2CCC(NC(=O)CCc3ccccc3)C(=O)N12. The monoisotopic (exact) mass is 442 g/mol. The largest absolute Gasteiger partial charge is 0.344 e. The van der Waals surface area contributed by atoms with Gasteiger partial charge in [0.15, 0.2) is 0 Å². The first-order chi connectivity index (χ1) is 15.4. The molecule has 1 aromatic carbocycles. The van der Waals surface area contributed by atoms with Crippen LogP contribution in [0.5, 0.6) is 0 Å². The van der Waals surface area contributed by atoms with Crippen molar-refractivity contribution in [2.45, 2.75) is 63.6 Å². The number of aldehydes is 1. The standard InChI is InChI=1S/C23H30N4O5/c1-16(29)14-18(15-28)24-22(31)20-8-5-12-26-13-11-19(23(32)27(20)26)25-21(30)10-9-17-6-3-2-4-7-17/h2-4,6-7,15,18-20H,5,8-14H2,1H3,(H,24,31)(H,25,30). The predicted molar refractivity (Wildman–Crippen MR) is 116 cm³/mol. The topological polar surface area (TPSA) is 116 Å². The molecule has 0 saturated carbocycles. The summed E-state index contributed by atoms with van der Waals surface area (Å²) in [6.07, 6.45) is 2.96. The van der Waals surface area contributed by atoms with Gasteiger partial charge in [0.25, 0.3) is 5.91 Å². The molecular weight excluding hydrogens is 412 g/mol. The fourth-order valence-corrected chi connectivity index (χ4v) is 4.23. The Bertz CT molecular complexity index is 859. The quantitative estimate of drug-likeness (QED) is 0.534. The van der Waals surface area contributed by atoms with E-state index in [1.807, 2.05) is 35.3 Å². The third-order valence-electron chi connectivity index (χ3n) is 5.81. The molecule has 3 rings (SSSR count). The van der Waals surface area contributed by atoms with Crippen LogP contribution in [0.15, 0.2) is 30.3 Å². The molecule has 0 radical (unpaired) electrons. The number of carbonyl (C=O) groups excluding carboxylic acids is 5. The number of hydrazine groups is 1. The van der Waals surface area contributed by atoms with Crippen LogP contribution in [0.3, 0.4) is 0 Å². The second-order valence-corrected chi connectivity index (χ2v) is 8.35. The van der Waals surface area contributed by atoms with E-state index in [1.54, 1.807) is 0 Å². The molecule has 172 valence electrons. The highest BCUT2D eigenvalue weighted by Gasteiger charge is 2.43. The molecule has 0 bridgehead atoms. The first kappa shape index (κ1) is 23.6. The van der Waals surface area contributed by atoms with Gasteiger partial charge in [0.05, 0.1) is 6.04 Å². The van der Waals surface area contributed by atoms with Gasteiger partial charge in [-0.2, -0.15) is 0 Å². The Kier molecular flexibility index (Phi) is 8.10. The molecule has 0 spiro atoms. The molecule has 3 atom stereocenters. The van der Waals surface area contributed by atoms with E-state index in [2.05, 4.69) is 10.6 Å². The van der Waals surface area contributed by atoms with Crippen molar-refractivity contribution in [3.05, 3.63) is 35.9 Å². The average Bonchev–Trinajstić information content (AvgIpc) is 2.79. The number of nitrogens with one attached hydrogen (secondary N) is 2. The van der Waals surface area contributed by atoms with Gasteiger partial charge in [0.2, 0.25) is 11.8 Å². The molecule has 0 aromatic heterocycles. The van der Waals surface area contributed by atoms with E-state index in [1.165, 1.54) is 11.9 Å². The number of benzene rings is 1. The first-order valence-electron chi connectivity index (χ1n) is 11.1. The zero-order chi connectivity index (χ0) is 23.1. The molecule has 2 heterocycles. The van der Waals surface area contributed by atoms with E-state index in [9.17, 15) is 24.0 Å². The maximum atomic E-state index is 13.2. The fourth-order valence-electron chi connectivity index (χ4n) is 4.23. The van der Waals surface area contributed by atoms with Crippen LogP contribution in [-0.4, -0.2) is 71.0 Å². The molecule has 2 saturated heterocycles. The van der Waals surface area contributed by atoms with Gasteiger partial charge in [-0.05, 0) is 38.2 Å². The van der Waals surface area contributed by atoms with Crippen molar-refractivity contribution >= 4 is 29.8 Å². The normalized spacial score (nSPS) is 21.9. The van der Waals surface area contributed by atoms with Gasteiger partial charge in [0.1, 0.15) is 24.2 Å². The van der Waals surface area contributed by atoms with Crippen molar-refractivity contribution in [3.8, 4) is 0 Å². The van der Waals surface area contributed by atoms with Gasteiger partial charge in [-0.1, -0.05) is 30.3 Å². The van der Waals surface area contributed by atoms with E-state index in [0.717, 1.165) is 12.0 Å². The van der Waals surface area contributed by atoms with Gasteiger partial charge in [-0.15, -0.1) is 0 Å². The Morgan fingerprint density at radius 3 is 2.59 bits per heavy atom. The highest BCUT2D eigenvalue weighted by atomic mass is 16.2. The second kappa shape index (κ2) is 11.0. The Morgan fingerprint density at radius 2 is 1.91 bits per heavy atom. The average molecular weight is 443 g/mol. The van der Waals surface area contributed by atoms with Gasteiger partial charge in [0, 0.05) is 25.9 Å². The summed E-state index contributed by atoms with van der Waals surface area (Å²) in [5, 5.41) is 8.67. The number of rotatable bonds is 9. The van der Waals surface area contributed by atoms with Gasteiger partial charge in [-0.3, -0.25) is 24.2 Å². The lowest BCUT2D eigenvalue weighted by molar-refractivity contribution is -0.177. The van der Waals surface area contributed by atoms with Crippen LogP contribution < -0.4 is 10.6 Å². The lowest BCUT2D eigenvalue weighted by atomic mass is 10.0. The summed E-state index contributed by atoms with van der Waals surface area (Å²) in [4.78, 5) is 61.0. The minimum Gasteiger partial charge on any atom is -0.344 e. The Balaban J connectivity index is 1.61. The van der Waals surface area contributed by atoms with Crippen LogP contribution in [-0.2, 0) is 30.4 Å². The van der Waals surface area contributed by atoms with Crippen LogP contribution in [0.2, 0.25) is 0 Å². The molecule has 2 fully saturated rings. The van der Waals surface area contributed by atoms with Crippen LogP contribution in [0.25, 0.3) is 0 Å². The Morgan fingerprint density at radius 1 is 1.16 bits per heavy atom. The smallest absolute Gasteiger partial charge is 0.260 e. The molecular formula is C23H30N4O5. The molecule has 2 aliphatic rings. The highest BCUT2D eigenvalue weighted by molar-refractivity contribution is 5.93. The molecule has 32 heavy (non-hydrogen) atoms. The number of amides is 3. The summed E-state index contributed by atoms with van der Waals surface area (Å²) in [5.74, 6) is -1.20. The van der Waals surface area contributed by atoms with Gasteiger partial charge in [-0.25, -0.2) is 5.01 Å². The van der Waals surface area contributed by atoms with Gasteiger partial charge < -0.3 is 15.4 Å². The van der Waals surface area contributed by atoms with Crippen molar-refractivity contribution in [3.63, 3.8) is 0 Å². The van der Waals surface area contributed by atoms with Crippen LogP contribution in [0, 0.1) is 0 Å². The fraction of sp³-hybridized carbons (Fsp3) is 0.522. The molecule has 0 aliphatic carbocycles. The minimum absolute atomic E-state index is 0.0836. The molecule has 9 nitrogen and oxygen atoms in total. The second-order valence-electron chi connectivity index (χ2n) is 8.35. The Hall–Kier alpha value is -3.07. The van der Waals surface area contributed by atoms with Crippen LogP contribution >= 0.6 is 0 Å². The summed E-state index contributed by atoms with van der Waals surface area (Å²) in [6, 6.07) is 7.28. The number of hydrogen-bond acceptors (Lipinski definition) is 6. The maximum absolute atomic E-state index is 13.2. The summed E-state index contributed by atoms with van der Waals surface area (Å²) < 4.78 is 0. The van der Waals surface area contributed by atoms with Crippen molar-refractivity contribution < 1.29 is 24.0 Å². The Labute approximate surface area is 187 Å². The highest BCUT2D eigenvalue weighted by Crippen LogP contribution is 2.24. The summed E-state index contributed by atoms with van der Waals surface area (Å²) in [6.45, 7) is 2.54. The van der Waals surface area contributed by atoms with Crippen molar-refractivity contribution in [1.29, 1.82) is 0 Å². The maximum Gasteiger partial charge on any atom is 0.260 e.